The number of amides is 5. The molecule has 2 aliphatic heterocycles. The molecule has 0 saturated carbocycles. The minimum absolute atomic E-state index is 0.00963. The number of hydroxylamine groups is 2. The Kier molecular flexibility index (Phi) is 19.5. The molecule has 0 radical (unpaired) electrons. The number of carbonyl (C=O) groups excluding carboxylic acids is 5. The zero-order valence-electron chi connectivity index (χ0n) is 39.3. The molecule has 1 saturated heterocycles. The van der Waals surface area contributed by atoms with Crippen LogP contribution >= 0.6 is 0 Å². The van der Waals surface area contributed by atoms with Crippen molar-refractivity contribution in [3.63, 3.8) is 0 Å². The van der Waals surface area contributed by atoms with Crippen molar-refractivity contribution in [3.8, 4) is 0 Å². The lowest BCUT2D eigenvalue weighted by Gasteiger charge is -2.41. The Labute approximate surface area is 374 Å². The summed E-state index contributed by atoms with van der Waals surface area (Å²) in [5.41, 5.74) is 1.92. The third kappa shape index (κ3) is 12.6. The van der Waals surface area contributed by atoms with Crippen molar-refractivity contribution >= 4 is 29.5 Å². The fourth-order valence-corrected chi connectivity index (χ4v) is 9.15. The predicted molar refractivity (Wildman–Crippen MR) is 239 cm³/mol. The summed E-state index contributed by atoms with van der Waals surface area (Å²) in [6, 6.07) is 8.27. The monoisotopic (exact) mass is 880 g/mol. The molecule has 9 atom stereocenters. The number of fused-ring (bicyclic) bond motifs is 1. The van der Waals surface area contributed by atoms with E-state index in [9.17, 15) is 29.1 Å². The van der Waals surface area contributed by atoms with Gasteiger partial charge in [0.05, 0.1) is 49.3 Å². The molecule has 1 unspecified atom stereocenters. The standard InChI is InChI=1S/C47H73N7O9/c1-12-31(6)41(37(61-10)28-38(55)53-25-15-18-36(53)42(62-11)32(7)43(56)49-24-21-33-19-22-48-23-20-33)52(9)47(60)39(29(2)3)50-44(57)40(30(4)5)51(8)26-27-63-54-45(58)34-16-13-14-17-35(34)46(54)59/h13-14,16-17,19-20,22-23,29-32,36-37,39-42,45,58H,12,15,18,21,24-28H2,1-11H3,(H,49,56)(H,50,57)/t31-,32+,36-,37+,39-,40-,41-,42+,45?/m0/s1. The van der Waals surface area contributed by atoms with E-state index in [1.165, 1.54) is 0 Å². The molecule has 5 amide bonds. The highest BCUT2D eigenvalue weighted by Gasteiger charge is 2.43. The Balaban J connectivity index is 1.41. The summed E-state index contributed by atoms with van der Waals surface area (Å²) in [6.45, 7) is 14.8. The van der Waals surface area contributed by atoms with E-state index < -0.39 is 48.4 Å². The molecule has 4 rings (SSSR count). The first kappa shape index (κ1) is 51.2. The molecule has 16 heteroatoms. The molecule has 0 aliphatic carbocycles. The molecule has 0 bridgehead atoms. The largest absolute Gasteiger partial charge is 0.379 e. The third-order valence-electron chi connectivity index (χ3n) is 12.9. The van der Waals surface area contributed by atoms with Crippen molar-refractivity contribution < 1.29 is 43.4 Å². The molecule has 3 N–H and O–H groups in total. The number of methoxy groups -OCH3 is 2. The van der Waals surface area contributed by atoms with E-state index in [1.807, 2.05) is 70.4 Å². The van der Waals surface area contributed by atoms with Crippen LogP contribution in [0.2, 0.25) is 0 Å². The number of nitrogens with zero attached hydrogens (tertiary/aromatic N) is 5. The molecule has 0 spiro atoms. The Bertz CT molecular complexity index is 1820. The molecule has 3 heterocycles. The second-order valence-electron chi connectivity index (χ2n) is 17.8. The van der Waals surface area contributed by atoms with Gasteiger partial charge in [0, 0.05) is 64.4 Å². The van der Waals surface area contributed by atoms with Gasteiger partial charge in [0.25, 0.3) is 5.91 Å². The fourth-order valence-electron chi connectivity index (χ4n) is 9.15. The summed E-state index contributed by atoms with van der Waals surface area (Å²) < 4.78 is 12.0. The molecular weight excluding hydrogens is 807 g/mol. The quantitative estimate of drug-likeness (QED) is 0.139. The first-order valence-electron chi connectivity index (χ1n) is 22.5. The number of hydrogen-bond donors (Lipinski definition) is 3. The van der Waals surface area contributed by atoms with Gasteiger partial charge in [-0.3, -0.25) is 38.7 Å². The Morgan fingerprint density at radius 2 is 1.63 bits per heavy atom. The van der Waals surface area contributed by atoms with Crippen molar-refractivity contribution in [2.24, 2.45) is 23.7 Å². The Hall–Kier alpha value is -4.48. The lowest BCUT2D eigenvalue weighted by Crippen LogP contribution is -2.60. The van der Waals surface area contributed by atoms with Crippen molar-refractivity contribution in [3.05, 3.63) is 65.5 Å². The van der Waals surface area contributed by atoms with E-state index >= 15 is 0 Å². The number of pyridine rings is 1. The van der Waals surface area contributed by atoms with Crippen molar-refractivity contribution in [1.29, 1.82) is 0 Å². The first-order valence-corrected chi connectivity index (χ1v) is 22.5. The number of benzene rings is 1. The second-order valence-corrected chi connectivity index (χ2v) is 17.8. The zero-order valence-corrected chi connectivity index (χ0v) is 39.3. The van der Waals surface area contributed by atoms with Gasteiger partial charge in [0.2, 0.25) is 23.6 Å². The van der Waals surface area contributed by atoms with Crippen LogP contribution in [0.3, 0.4) is 0 Å². The first-order chi connectivity index (χ1) is 30.0. The number of hydrogen-bond acceptors (Lipinski definition) is 11. The molecule has 1 aromatic carbocycles. The van der Waals surface area contributed by atoms with Gasteiger partial charge in [-0.2, -0.15) is 5.06 Å². The smallest absolute Gasteiger partial charge is 0.280 e. The fraction of sp³-hybridized carbons (Fsp3) is 0.660. The van der Waals surface area contributed by atoms with Gasteiger partial charge in [-0.1, -0.05) is 73.1 Å². The molecule has 16 nitrogen and oxygen atoms in total. The maximum atomic E-state index is 14.6. The van der Waals surface area contributed by atoms with E-state index in [0.29, 0.717) is 43.5 Å². The van der Waals surface area contributed by atoms with Crippen LogP contribution in [-0.4, -0.2) is 150 Å². The van der Waals surface area contributed by atoms with E-state index in [0.717, 1.165) is 17.0 Å². The minimum atomic E-state index is -1.23. The van der Waals surface area contributed by atoms with Gasteiger partial charge in [0.15, 0.2) is 6.23 Å². The Morgan fingerprint density at radius 1 is 0.952 bits per heavy atom. The number of likely N-dealkylation sites (tertiary alicyclic amines) is 1. The van der Waals surface area contributed by atoms with Gasteiger partial charge in [-0.25, -0.2) is 0 Å². The van der Waals surface area contributed by atoms with Gasteiger partial charge in [-0.05, 0) is 67.8 Å². The van der Waals surface area contributed by atoms with Crippen LogP contribution in [0.15, 0.2) is 48.8 Å². The van der Waals surface area contributed by atoms with Crippen LogP contribution in [0.5, 0.6) is 0 Å². The third-order valence-corrected chi connectivity index (χ3v) is 12.9. The highest BCUT2D eigenvalue weighted by Crippen LogP contribution is 2.32. The highest BCUT2D eigenvalue weighted by atomic mass is 16.7. The molecule has 1 aromatic heterocycles. The number of carbonyl (C=O) groups is 5. The summed E-state index contributed by atoms with van der Waals surface area (Å²) in [7, 11) is 6.62. The molecule has 2 aliphatic rings. The van der Waals surface area contributed by atoms with Crippen LogP contribution < -0.4 is 10.6 Å². The summed E-state index contributed by atoms with van der Waals surface area (Å²) in [4.78, 5) is 84.2. The van der Waals surface area contributed by atoms with Crippen molar-refractivity contribution in [2.45, 2.75) is 123 Å². The molecule has 1 fully saturated rings. The van der Waals surface area contributed by atoms with Gasteiger partial charge in [-0.15, -0.1) is 0 Å². The predicted octanol–water partition coefficient (Wildman–Crippen LogP) is 3.84. The summed E-state index contributed by atoms with van der Waals surface area (Å²) in [5.74, 6) is -2.36. The maximum Gasteiger partial charge on any atom is 0.280 e. The van der Waals surface area contributed by atoms with Crippen LogP contribution in [-0.2, 0) is 39.9 Å². The minimum Gasteiger partial charge on any atom is -0.379 e. The average Bonchev–Trinajstić information content (AvgIpc) is 3.84. The molecule has 350 valence electrons. The van der Waals surface area contributed by atoms with E-state index in [-0.39, 0.29) is 67.0 Å². The number of aliphatic hydroxyl groups excluding tert-OH is 1. The Morgan fingerprint density at radius 3 is 2.24 bits per heavy atom. The lowest BCUT2D eigenvalue weighted by atomic mass is 9.89. The van der Waals surface area contributed by atoms with Crippen LogP contribution in [0.1, 0.15) is 102 Å². The number of rotatable bonds is 24. The number of nitrogens with one attached hydrogen (secondary N) is 2. The number of aliphatic hydroxyl groups is 1. The SMILES string of the molecule is CC[C@H](C)[C@@H]([C@@H](CC(=O)N1CCC[C@H]1[C@H](OC)[C@@H](C)C(=O)NCCc1ccncc1)OC)N(C)C(=O)[C@@H](NC(=O)[C@H](C(C)C)N(C)CCON1C(=O)c2ccccc2C1O)C(C)C. The highest BCUT2D eigenvalue weighted by molar-refractivity contribution is 5.98. The lowest BCUT2D eigenvalue weighted by molar-refractivity contribution is -0.200. The zero-order chi connectivity index (χ0) is 46.5. The average molecular weight is 880 g/mol. The summed E-state index contributed by atoms with van der Waals surface area (Å²) in [6.07, 6.45) is 3.88. The van der Waals surface area contributed by atoms with Crippen molar-refractivity contribution in [1.82, 2.24) is 35.4 Å². The van der Waals surface area contributed by atoms with Gasteiger partial charge in [0.1, 0.15) is 6.04 Å². The van der Waals surface area contributed by atoms with Gasteiger partial charge >= 0.3 is 0 Å². The molecule has 63 heavy (non-hydrogen) atoms. The van der Waals surface area contributed by atoms with Crippen LogP contribution in [0, 0.1) is 23.7 Å². The van der Waals surface area contributed by atoms with Gasteiger partial charge < -0.3 is 35.0 Å². The number of likely N-dealkylation sites (N-methyl/N-ethyl adjacent to an activating group) is 2. The topological polar surface area (TPSA) is 183 Å². The van der Waals surface area contributed by atoms with Crippen LogP contribution in [0.25, 0.3) is 0 Å². The normalized spacial score (nSPS) is 19.7. The van der Waals surface area contributed by atoms with E-state index in [2.05, 4.69) is 15.6 Å². The van der Waals surface area contributed by atoms with E-state index in [1.54, 1.807) is 69.9 Å². The van der Waals surface area contributed by atoms with Crippen molar-refractivity contribution in [2.75, 3.05) is 54.6 Å². The van der Waals surface area contributed by atoms with Crippen LogP contribution in [0.4, 0.5) is 0 Å². The number of ether oxygens (including phenoxy) is 2. The molecule has 2 aromatic rings. The number of aromatic nitrogens is 1. The summed E-state index contributed by atoms with van der Waals surface area (Å²) in [5, 5.41) is 17.7. The summed E-state index contributed by atoms with van der Waals surface area (Å²) >= 11 is 0. The molecular formula is C47H73N7O9. The second kappa shape index (κ2) is 24.0. The van der Waals surface area contributed by atoms with E-state index in [4.69, 9.17) is 14.3 Å². The maximum absolute atomic E-state index is 14.6.